The first kappa shape index (κ1) is 14.5. The van der Waals surface area contributed by atoms with E-state index < -0.39 is 5.41 Å². The zero-order valence-electron chi connectivity index (χ0n) is 12.2. The van der Waals surface area contributed by atoms with E-state index in [-0.39, 0.29) is 19.1 Å². The summed E-state index contributed by atoms with van der Waals surface area (Å²) in [4.78, 5) is 12.2. The third-order valence-corrected chi connectivity index (χ3v) is 3.48. The highest BCUT2D eigenvalue weighted by Crippen LogP contribution is 2.30. The second kappa shape index (κ2) is 5.63. The van der Waals surface area contributed by atoms with Gasteiger partial charge in [-0.3, -0.25) is 4.79 Å². The highest BCUT2D eigenvalue weighted by Gasteiger charge is 2.37. The molecule has 0 radical (unpaired) electrons. The van der Waals surface area contributed by atoms with Crippen LogP contribution in [0.2, 0.25) is 0 Å². The van der Waals surface area contributed by atoms with Crippen LogP contribution < -0.4 is 5.32 Å². The first-order valence-corrected chi connectivity index (χ1v) is 6.76. The smallest absolute Gasteiger partial charge is 0.248 e. The summed E-state index contributed by atoms with van der Waals surface area (Å²) in [7, 11) is 1.87. The number of anilines is 1. The molecule has 0 saturated carbocycles. The summed E-state index contributed by atoms with van der Waals surface area (Å²) in [6, 6.07) is 7.96. The Kier molecular flexibility index (Phi) is 4.09. The summed E-state index contributed by atoms with van der Waals surface area (Å²) in [6.45, 7) is 3.98. The number of benzene rings is 1. The largest absolute Gasteiger partial charge is 0.394 e. The van der Waals surface area contributed by atoms with Crippen LogP contribution in [-0.4, -0.2) is 41.9 Å². The molecular formula is C15H21N3O2. The Balaban J connectivity index is 2.33. The number of nitrogens with one attached hydrogen (secondary N) is 1. The molecule has 20 heavy (non-hydrogen) atoms. The van der Waals surface area contributed by atoms with Crippen molar-refractivity contribution in [2.75, 3.05) is 25.5 Å². The topological polar surface area (TPSA) is 64.9 Å². The normalized spacial score (nSPS) is 17.9. The number of hydrogen-bond acceptors (Lipinski definition) is 4. The summed E-state index contributed by atoms with van der Waals surface area (Å²) in [5.74, 6) is -0.0397. The number of aliphatic hydroxyl groups is 1. The van der Waals surface area contributed by atoms with Crippen molar-refractivity contribution in [3.05, 3.63) is 29.8 Å². The number of carbonyl (C=O) groups excluding carboxylic acids is 1. The maximum Gasteiger partial charge on any atom is 0.248 e. The van der Waals surface area contributed by atoms with Gasteiger partial charge in [0.05, 0.1) is 24.3 Å². The van der Waals surface area contributed by atoms with Crippen molar-refractivity contribution >= 4 is 17.3 Å². The van der Waals surface area contributed by atoms with Crippen LogP contribution >= 0.6 is 0 Å². The minimum Gasteiger partial charge on any atom is -0.394 e. The molecule has 0 atom stereocenters. The van der Waals surface area contributed by atoms with Crippen LogP contribution in [-0.2, 0) is 4.79 Å². The van der Waals surface area contributed by atoms with E-state index in [0.29, 0.717) is 6.42 Å². The second-order valence-corrected chi connectivity index (χ2v) is 5.59. The van der Waals surface area contributed by atoms with Crippen molar-refractivity contribution in [2.24, 2.45) is 10.5 Å². The summed E-state index contributed by atoms with van der Waals surface area (Å²) in [6.07, 6.45) is 0.604. The number of nitrogens with zero attached hydrogens (tertiary/aromatic N) is 2. The predicted molar refractivity (Wildman–Crippen MR) is 79.7 cm³/mol. The van der Waals surface area contributed by atoms with Crippen molar-refractivity contribution in [3.63, 3.8) is 0 Å². The van der Waals surface area contributed by atoms with E-state index >= 15 is 0 Å². The Morgan fingerprint density at radius 1 is 1.35 bits per heavy atom. The average molecular weight is 275 g/mol. The molecule has 5 heteroatoms. The van der Waals surface area contributed by atoms with Crippen molar-refractivity contribution in [2.45, 2.75) is 20.3 Å². The number of β-amino-alcohol motifs (C(OH)–C–C–N with tert-alkyl or cyclic N) is 1. The van der Waals surface area contributed by atoms with Gasteiger partial charge in [0, 0.05) is 19.2 Å². The lowest BCUT2D eigenvalue weighted by Gasteiger charge is -2.34. The van der Waals surface area contributed by atoms with Crippen molar-refractivity contribution in [1.82, 2.24) is 5.01 Å². The Labute approximate surface area is 119 Å². The number of hydrazone groups is 1. The molecular weight excluding hydrogens is 254 g/mol. The predicted octanol–water partition coefficient (Wildman–Crippen LogP) is 1.68. The molecule has 1 aromatic carbocycles. The van der Waals surface area contributed by atoms with Crippen LogP contribution in [0.1, 0.15) is 25.8 Å². The summed E-state index contributed by atoms with van der Waals surface area (Å²) in [5.41, 5.74) is 2.43. The molecule has 1 aliphatic rings. The monoisotopic (exact) mass is 275 g/mol. The van der Waals surface area contributed by atoms with Gasteiger partial charge in [0.15, 0.2) is 0 Å². The summed E-state index contributed by atoms with van der Waals surface area (Å²) >= 11 is 0. The lowest BCUT2D eigenvalue weighted by molar-refractivity contribution is -0.141. The molecule has 0 bridgehead atoms. The number of aliphatic hydroxyl groups excluding tert-OH is 1. The molecule has 0 saturated heterocycles. The van der Waals surface area contributed by atoms with Gasteiger partial charge in [0.1, 0.15) is 0 Å². The minimum atomic E-state index is -0.492. The van der Waals surface area contributed by atoms with Gasteiger partial charge in [-0.25, -0.2) is 5.01 Å². The molecule has 1 aliphatic heterocycles. The van der Waals surface area contributed by atoms with E-state index in [1.165, 1.54) is 5.01 Å². The summed E-state index contributed by atoms with van der Waals surface area (Å²) in [5, 5.41) is 17.9. The fraction of sp³-hybridized carbons (Fsp3) is 0.467. The van der Waals surface area contributed by atoms with Gasteiger partial charge in [0.25, 0.3) is 0 Å². The maximum atomic E-state index is 12.2. The lowest BCUT2D eigenvalue weighted by atomic mass is 9.83. The van der Waals surface area contributed by atoms with E-state index in [0.717, 1.165) is 17.0 Å². The van der Waals surface area contributed by atoms with E-state index in [4.69, 9.17) is 5.11 Å². The zero-order chi connectivity index (χ0) is 14.8. The van der Waals surface area contributed by atoms with Crippen LogP contribution in [0.5, 0.6) is 0 Å². The molecule has 1 heterocycles. The van der Waals surface area contributed by atoms with Crippen molar-refractivity contribution < 1.29 is 9.90 Å². The van der Waals surface area contributed by atoms with Gasteiger partial charge < -0.3 is 10.4 Å². The Morgan fingerprint density at radius 2 is 2.00 bits per heavy atom. The Morgan fingerprint density at radius 3 is 2.55 bits per heavy atom. The fourth-order valence-corrected chi connectivity index (χ4v) is 2.31. The van der Waals surface area contributed by atoms with Crippen LogP contribution in [0.4, 0.5) is 5.69 Å². The van der Waals surface area contributed by atoms with Gasteiger partial charge in [0.2, 0.25) is 5.91 Å². The Hall–Kier alpha value is -1.88. The van der Waals surface area contributed by atoms with Gasteiger partial charge >= 0.3 is 0 Å². The zero-order valence-corrected chi connectivity index (χ0v) is 12.2. The molecule has 5 nitrogen and oxygen atoms in total. The van der Waals surface area contributed by atoms with Gasteiger partial charge in [-0.15, -0.1) is 0 Å². The number of amides is 1. The molecule has 108 valence electrons. The quantitative estimate of drug-likeness (QED) is 0.878. The van der Waals surface area contributed by atoms with Gasteiger partial charge in [-0.05, 0) is 17.7 Å². The van der Waals surface area contributed by atoms with E-state index in [2.05, 4.69) is 10.4 Å². The van der Waals surface area contributed by atoms with Gasteiger partial charge in [-0.1, -0.05) is 26.0 Å². The first-order chi connectivity index (χ1) is 9.47. The van der Waals surface area contributed by atoms with E-state index in [1.807, 2.05) is 45.2 Å². The maximum absolute atomic E-state index is 12.2. The average Bonchev–Trinajstić information content (AvgIpc) is 2.44. The van der Waals surface area contributed by atoms with Crippen molar-refractivity contribution in [1.29, 1.82) is 0 Å². The third-order valence-electron chi connectivity index (χ3n) is 3.48. The van der Waals surface area contributed by atoms with Crippen LogP contribution in [0.15, 0.2) is 29.4 Å². The molecule has 0 fully saturated rings. The molecule has 1 amide bonds. The summed E-state index contributed by atoms with van der Waals surface area (Å²) < 4.78 is 0. The lowest BCUT2D eigenvalue weighted by Crippen LogP contribution is -2.45. The van der Waals surface area contributed by atoms with Crippen LogP contribution in [0.25, 0.3) is 0 Å². The molecule has 0 aromatic heterocycles. The van der Waals surface area contributed by atoms with E-state index in [1.54, 1.807) is 0 Å². The van der Waals surface area contributed by atoms with Crippen LogP contribution in [0, 0.1) is 5.41 Å². The van der Waals surface area contributed by atoms with Gasteiger partial charge in [-0.2, -0.15) is 5.10 Å². The van der Waals surface area contributed by atoms with Crippen molar-refractivity contribution in [3.8, 4) is 0 Å². The fourth-order valence-electron chi connectivity index (χ4n) is 2.31. The molecule has 2 N–H and O–H groups in total. The SMILES string of the molecule is CNc1ccc(C2=NN(CCO)C(=O)C(C)(C)C2)cc1. The second-order valence-electron chi connectivity index (χ2n) is 5.59. The molecule has 0 spiro atoms. The minimum absolute atomic E-state index is 0.0397. The standard InChI is InChI=1S/C15H21N3O2/c1-15(2)10-13(17-18(8-9-19)14(15)20)11-4-6-12(16-3)7-5-11/h4-7,16,19H,8-10H2,1-3H3. The number of hydrogen-bond donors (Lipinski definition) is 2. The van der Waals surface area contributed by atoms with E-state index in [9.17, 15) is 4.79 Å². The highest BCUT2D eigenvalue weighted by molar-refractivity contribution is 6.05. The number of carbonyl (C=O) groups is 1. The highest BCUT2D eigenvalue weighted by atomic mass is 16.3. The third kappa shape index (κ3) is 2.82. The molecule has 2 rings (SSSR count). The molecule has 0 unspecified atom stereocenters. The molecule has 0 aliphatic carbocycles. The Bertz CT molecular complexity index is 520. The first-order valence-electron chi connectivity index (χ1n) is 6.76. The number of rotatable bonds is 4. The van der Waals surface area contributed by atoms with Crippen LogP contribution in [0.3, 0.4) is 0 Å². The molecule has 1 aromatic rings.